The van der Waals surface area contributed by atoms with Crippen molar-refractivity contribution in [3.63, 3.8) is 0 Å². The molecule has 0 aromatic carbocycles. The van der Waals surface area contributed by atoms with E-state index in [2.05, 4.69) is 57.9 Å². The van der Waals surface area contributed by atoms with Gasteiger partial charge in [-0.05, 0) is 82.6 Å². The molecule has 0 radical (unpaired) electrons. The summed E-state index contributed by atoms with van der Waals surface area (Å²) in [4.78, 5) is 0. The fourth-order valence-electron chi connectivity index (χ4n) is 6.43. The minimum atomic E-state index is -0.307. The molecule has 6 unspecified atom stereocenters. The predicted octanol–water partition coefficient (Wildman–Crippen LogP) is 6.25. The van der Waals surface area contributed by atoms with E-state index in [1.807, 2.05) is 6.92 Å². The fraction of sp³-hybridized carbons (Fsp3) is 0.615. The Bertz CT molecular complexity index is 791. The van der Waals surface area contributed by atoms with E-state index in [1.165, 1.54) is 23.1 Å². The van der Waals surface area contributed by atoms with Gasteiger partial charge in [-0.2, -0.15) is 12.6 Å². The second-order valence-corrected chi connectivity index (χ2v) is 10.4. The maximum atomic E-state index is 7.39. The van der Waals surface area contributed by atoms with Gasteiger partial charge in [0.1, 0.15) is 0 Å². The van der Waals surface area contributed by atoms with E-state index >= 15 is 0 Å². The summed E-state index contributed by atoms with van der Waals surface area (Å²) < 4.78 is -0.0141. The van der Waals surface area contributed by atoms with Crippen LogP contribution in [0.25, 0.3) is 0 Å². The number of rotatable bonds is 2. The van der Waals surface area contributed by atoms with Crippen molar-refractivity contribution in [1.29, 1.82) is 0 Å². The third-order valence-electron chi connectivity index (χ3n) is 7.74. The van der Waals surface area contributed by atoms with Crippen molar-refractivity contribution in [2.45, 2.75) is 76.5 Å². The van der Waals surface area contributed by atoms with Gasteiger partial charge in [0.2, 0.25) is 0 Å². The minimum absolute atomic E-state index is 0.0141. The van der Waals surface area contributed by atoms with Gasteiger partial charge in [-0.15, -0.1) is 5.92 Å². The van der Waals surface area contributed by atoms with Gasteiger partial charge in [-0.3, -0.25) is 0 Å². The largest absolute Gasteiger partial charge is 0.324 e. The summed E-state index contributed by atoms with van der Waals surface area (Å²) >= 11 is 5.25. The summed E-state index contributed by atoms with van der Waals surface area (Å²) in [6.45, 7) is 17.5. The SMILES string of the molecule is C=C1CC(C(/C=C\C)=C(/C)C#CC)CC2(N)C1CCC1(S)CCC(C)C(=C)C12. The molecule has 0 saturated heterocycles. The number of allylic oxidation sites excluding steroid dienone is 4. The van der Waals surface area contributed by atoms with Crippen molar-refractivity contribution >= 4 is 12.6 Å². The second kappa shape index (κ2) is 7.92. The van der Waals surface area contributed by atoms with Gasteiger partial charge >= 0.3 is 0 Å². The Balaban J connectivity index is 2.06. The zero-order chi connectivity index (χ0) is 20.7. The predicted molar refractivity (Wildman–Crippen MR) is 125 cm³/mol. The summed E-state index contributed by atoms with van der Waals surface area (Å²) in [5, 5.41) is 0. The van der Waals surface area contributed by atoms with Crippen molar-refractivity contribution < 1.29 is 0 Å². The molecule has 0 bridgehead atoms. The van der Waals surface area contributed by atoms with Crippen LogP contribution in [0.5, 0.6) is 0 Å². The van der Waals surface area contributed by atoms with E-state index in [1.54, 1.807) is 0 Å². The molecule has 6 atom stereocenters. The summed E-state index contributed by atoms with van der Waals surface area (Å²) in [6.07, 6.45) is 10.9. The number of fused-ring (bicyclic) bond motifs is 3. The van der Waals surface area contributed by atoms with Crippen LogP contribution in [0, 0.1) is 35.5 Å². The molecule has 1 nitrogen and oxygen atoms in total. The van der Waals surface area contributed by atoms with Crippen LogP contribution in [0.2, 0.25) is 0 Å². The first-order valence-electron chi connectivity index (χ1n) is 10.8. The molecule has 3 rings (SSSR count). The molecule has 0 aromatic rings. The monoisotopic (exact) mass is 395 g/mol. The van der Waals surface area contributed by atoms with Crippen LogP contribution in [-0.4, -0.2) is 10.3 Å². The zero-order valence-electron chi connectivity index (χ0n) is 18.1. The summed E-state index contributed by atoms with van der Waals surface area (Å²) in [6, 6.07) is 0. The normalized spacial score (nSPS) is 41.6. The lowest BCUT2D eigenvalue weighted by Crippen LogP contribution is -2.67. The lowest BCUT2D eigenvalue weighted by atomic mass is 9.48. The first-order chi connectivity index (χ1) is 13.2. The van der Waals surface area contributed by atoms with Crippen LogP contribution in [0.1, 0.15) is 66.2 Å². The molecule has 0 amide bonds. The quantitative estimate of drug-likeness (QED) is 0.246. The molecule has 3 fully saturated rings. The van der Waals surface area contributed by atoms with E-state index in [0.29, 0.717) is 17.8 Å². The van der Waals surface area contributed by atoms with Crippen molar-refractivity contribution in [2.75, 3.05) is 0 Å². The number of hydrogen-bond acceptors (Lipinski definition) is 2. The van der Waals surface area contributed by atoms with Crippen LogP contribution < -0.4 is 5.73 Å². The van der Waals surface area contributed by atoms with E-state index < -0.39 is 0 Å². The van der Waals surface area contributed by atoms with Gasteiger partial charge in [0, 0.05) is 21.8 Å². The van der Waals surface area contributed by atoms with Crippen LogP contribution >= 0.6 is 12.6 Å². The third kappa shape index (κ3) is 3.46. The standard InChI is InChI=1S/C26H37NS/c1-7-9-18(4)22(10-8-2)21-15-19(5)23-12-14-25(28)13-11-17(3)20(6)24(25)26(23,27)16-21/h8,10,17,21,23-24,28H,5-6,11-16,27H2,1-4H3/b10-8-,22-18-. The first kappa shape index (κ1) is 21.5. The molecule has 2 N–H and O–H groups in total. The Morgan fingerprint density at radius 3 is 2.61 bits per heavy atom. The van der Waals surface area contributed by atoms with Crippen molar-refractivity contribution in [3.8, 4) is 11.8 Å². The Morgan fingerprint density at radius 2 is 1.96 bits per heavy atom. The summed E-state index contributed by atoms with van der Waals surface area (Å²) in [5.74, 6) is 7.87. The van der Waals surface area contributed by atoms with Gasteiger partial charge in [-0.25, -0.2) is 0 Å². The molecule has 2 heteroatoms. The highest BCUT2D eigenvalue weighted by Gasteiger charge is 2.60. The second-order valence-electron chi connectivity index (χ2n) is 9.47. The average molecular weight is 396 g/mol. The Kier molecular flexibility index (Phi) is 6.09. The number of thiol groups is 1. The van der Waals surface area contributed by atoms with Crippen LogP contribution in [0.4, 0.5) is 0 Å². The number of hydrogen-bond donors (Lipinski definition) is 2. The Hall–Kier alpha value is -1.17. The highest BCUT2D eigenvalue weighted by atomic mass is 32.1. The molecule has 0 spiro atoms. The van der Waals surface area contributed by atoms with Gasteiger partial charge in [0.15, 0.2) is 0 Å². The molecule has 3 aliphatic carbocycles. The molecule has 152 valence electrons. The van der Waals surface area contributed by atoms with Crippen LogP contribution in [0.15, 0.2) is 47.6 Å². The van der Waals surface area contributed by atoms with Gasteiger partial charge in [-0.1, -0.05) is 49.3 Å². The van der Waals surface area contributed by atoms with Gasteiger partial charge < -0.3 is 5.73 Å². The molecule has 0 aliphatic heterocycles. The highest BCUT2D eigenvalue weighted by molar-refractivity contribution is 7.81. The lowest BCUT2D eigenvalue weighted by molar-refractivity contribution is 0.0538. The molecule has 3 aliphatic rings. The van der Waals surface area contributed by atoms with Crippen molar-refractivity contribution in [2.24, 2.45) is 29.4 Å². The van der Waals surface area contributed by atoms with Crippen LogP contribution in [0.3, 0.4) is 0 Å². The lowest BCUT2D eigenvalue weighted by Gasteiger charge is -2.62. The minimum Gasteiger partial charge on any atom is -0.324 e. The van der Waals surface area contributed by atoms with Crippen molar-refractivity contribution in [3.05, 3.63) is 47.6 Å². The van der Waals surface area contributed by atoms with Crippen LogP contribution in [-0.2, 0) is 0 Å². The summed E-state index contributed by atoms with van der Waals surface area (Å²) in [5.41, 5.74) is 12.2. The molecule has 0 heterocycles. The van der Waals surface area contributed by atoms with E-state index in [0.717, 1.165) is 37.7 Å². The topological polar surface area (TPSA) is 26.0 Å². The molecule has 0 aromatic heterocycles. The number of nitrogens with two attached hydrogens (primary N) is 1. The molecular formula is C26H37NS. The third-order valence-corrected chi connectivity index (χ3v) is 8.44. The smallest absolute Gasteiger partial charge is 0.0305 e. The Morgan fingerprint density at radius 1 is 1.29 bits per heavy atom. The molecule has 3 saturated carbocycles. The van der Waals surface area contributed by atoms with Crippen molar-refractivity contribution in [1.82, 2.24) is 0 Å². The maximum absolute atomic E-state index is 7.39. The van der Waals surface area contributed by atoms with E-state index in [9.17, 15) is 0 Å². The maximum Gasteiger partial charge on any atom is 0.0305 e. The van der Waals surface area contributed by atoms with E-state index in [-0.39, 0.29) is 16.2 Å². The Labute approximate surface area is 178 Å². The first-order valence-corrected chi connectivity index (χ1v) is 11.3. The fourth-order valence-corrected chi connectivity index (χ4v) is 7.10. The van der Waals surface area contributed by atoms with E-state index in [4.69, 9.17) is 18.4 Å². The van der Waals surface area contributed by atoms with Gasteiger partial charge in [0.05, 0.1) is 0 Å². The molecular weight excluding hydrogens is 358 g/mol. The zero-order valence-corrected chi connectivity index (χ0v) is 19.0. The molecule has 28 heavy (non-hydrogen) atoms. The highest BCUT2D eigenvalue weighted by Crippen LogP contribution is 2.61. The van der Waals surface area contributed by atoms with Gasteiger partial charge in [0.25, 0.3) is 0 Å². The average Bonchev–Trinajstić information content (AvgIpc) is 2.62. The summed E-state index contributed by atoms with van der Waals surface area (Å²) in [7, 11) is 0.